The minimum Gasteiger partial charge on any atom is -0.325 e. The van der Waals surface area contributed by atoms with E-state index in [1.807, 2.05) is 48.5 Å². The normalized spacial score (nSPS) is 10.7. The molecule has 2 N–H and O–H groups in total. The summed E-state index contributed by atoms with van der Waals surface area (Å²) in [6.07, 6.45) is 1.12. The van der Waals surface area contributed by atoms with E-state index in [1.165, 1.54) is 0 Å². The van der Waals surface area contributed by atoms with Crippen LogP contribution in [0.4, 0.5) is 11.4 Å². The second-order valence-corrected chi connectivity index (χ2v) is 7.12. The Morgan fingerprint density at radius 2 is 1.42 bits per heavy atom. The van der Waals surface area contributed by atoms with E-state index in [2.05, 4.69) is 17.2 Å². The highest BCUT2D eigenvalue weighted by Crippen LogP contribution is 2.30. The van der Waals surface area contributed by atoms with Gasteiger partial charge in [0.05, 0.1) is 11.0 Å². The first-order valence-electron chi connectivity index (χ1n) is 9.49. The standard InChI is InChI=1S/C24H18ClN3O3/c1-2-22(29)26-16-11-15(12-17(13-16)27-23(30)14-25)24(31)28-20-9-5-3-7-18(20)19-8-4-6-10-21(19)28/h2-13H,1,14H2,(H,26,29)(H,27,30). The third kappa shape index (κ3) is 3.93. The van der Waals surface area contributed by atoms with Crippen LogP contribution >= 0.6 is 11.6 Å². The van der Waals surface area contributed by atoms with Gasteiger partial charge in [0.2, 0.25) is 11.8 Å². The third-order valence-electron chi connectivity index (χ3n) is 4.82. The lowest BCUT2D eigenvalue weighted by Gasteiger charge is -2.12. The molecule has 2 amide bonds. The highest BCUT2D eigenvalue weighted by atomic mass is 35.5. The summed E-state index contributed by atoms with van der Waals surface area (Å²) in [5.41, 5.74) is 2.51. The van der Waals surface area contributed by atoms with Crippen LogP contribution in [0.2, 0.25) is 0 Å². The Balaban J connectivity index is 1.88. The number of nitrogens with one attached hydrogen (secondary N) is 2. The Hall–Kier alpha value is -3.90. The largest absolute Gasteiger partial charge is 0.325 e. The lowest BCUT2D eigenvalue weighted by Crippen LogP contribution is -2.16. The number of nitrogens with zero attached hydrogens (tertiary/aromatic N) is 1. The number of alkyl halides is 1. The fourth-order valence-corrected chi connectivity index (χ4v) is 3.62. The summed E-state index contributed by atoms with van der Waals surface area (Å²) < 4.78 is 1.63. The van der Waals surface area contributed by atoms with Crippen molar-refractivity contribution < 1.29 is 14.4 Å². The summed E-state index contributed by atoms with van der Waals surface area (Å²) in [4.78, 5) is 37.2. The van der Waals surface area contributed by atoms with Gasteiger partial charge >= 0.3 is 0 Å². The summed E-state index contributed by atoms with van der Waals surface area (Å²) >= 11 is 5.60. The van der Waals surface area contributed by atoms with E-state index in [1.54, 1.807) is 22.8 Å². The van der Waals surface area contributed by atoms with Crippen LogP contribution in [0, 0.1) is 0 Å². The van der Waals surface area contributed by atoms with Crippen LogP contribution in [0.1, 0.15) is 10.4 Å². The molecule has 0 radical (unpaired) electrons. The fraction of sp³-hybridized carbons (Fsp3) is 0.0417. The van der Waals surface area contributed by atoms with Gasteiger partial charge in [-0.05, 0) is 36.4 Å². The molecule has 7 heteroatoms. The summed E-state index contributed by atoms with van der Waals surface area (Å²) in [7, 11) is 0. The zero-order chi connectivity index (χ0) is 22.0. The van der Waals surface area contributed by atoms with Crippen LogP contribution in [-0.4, -0.2) is 28.2 Å². The number of hydrogen-bond donors (Lipinski definition) is 2. The Bertz CT molecular complexity index is 1300. The first kappa shape index (κ1) is 20.4. The van der Waals surface area contributed by atoms with Gasteiger partial charge in [-0.25, -0.2) is 0 Å². The number of benzene rings is 3. The van der Waals surface area contributed by atoms with Gasteiger partial charge in [0, 0.05) is 27.7 Å². The summed E-state index contributed by atoms with van der Waals surface area (Å²) in [5.74, 6) is -1.40. The smallest absolute Gasteiger partial charge is 0.263 e. The Kier molecular flexibility index (Phi) is 5.56. The maximum Gasteiger partial charge on any atom is 0.263 e. The number of hydrogen-bond acceptors (Lipinski definition) is 3. The lowest BCUT2D eigenvalue weighted by molar-refractivity contribution is -0.114. The molecule has 0 saturated carbocycles. The number of anilines is 2. The van der Waals surface area contributed by atoms with E-state index in [-0.39, 0.29) is 11.8 Å². The molecule has 31 heavy (non-hydrogen) atoms. The van der Waals surface area contributed by atoms with Gasteiger partial charge in [0.15, 0.2) is 0 Å². The van der Waals surface area contributed by atoms with Crippen LogP contribution in [0.3, 0.4) is 0 Å². The monoisotopic (exact) mass is 431 g/mol. The molecule has 3 aromatic carbocycles. The van der Waals surface area contributed by atoms with Crippen molar-refractivity contribution in [3.8, 4) is 0 Å². The average molecular weight is 432 g/mol. The van der Waals surface area contributed by atoms with E-state index in [4.69, 9.17) is 11.6 Å². The van der Waals surface area contributed by atoms with Gasteiger partial charge in [-0.2, -0.15) is 0 Å². The molecule has 6 nitrogen and oxygen atoms in total. The highest BCUT2D eigenvalue weighted by molar-refractivity contribution is 6.29. The topological polar surface area (TPSA) is 80.2 Å². The van der Waals surface area contributed by atoms with E-state index in [0.717, 1.165) is 27.9 Å². The van der Waals surface area contributed by atoms with Crippen LogP contribution in [0.25, 0.3) is 21.8 Å². The SMILES string of the molecule is C=CC(=O)Nc1cc(NC(=O)CCl)cc(C(=O)n2c3ccccc3c3ccccc32)c1. The van der Waals surface area contributed by atoms with Crippen molar-refractivity contribution in [2.45, 2.75) is 0 Å². The van der Waals surface area contributed by atoms with Gasteiger partial charge in [0.25, 0.3) is 5.91 Å². The van der Waals surface area contributed by atoms with E-state index in [9.17, 15) is 14.4 Å². The molecular weight excluding hydrogens is 414 g/mol. The van der Waals surface area contributed by atoms with Crippen molar-refractivity contribution in [3.63, 3.8) is 0 Å². The number of rotatable bonds is 5. The first-order chi connectivity index (χ1) is 15.0. The second-order valence-electron chi connectivity index (χ2n) is 6.85. The molecule has 4 aromatic rings. The average Bonchev–Trinajstić information content (AvgIpc) is 3.12. The molecule has 1 heterocycles. The third-order valence-corrected chi connectivity index (χ3v) is 5.06. The number of amides is 2. The van der Waals surface area contributed by atoms with Gasteiger partial charge in [-0.1, -0.05) is 43.0 Å². The quantitative estimate of drug-likeness (QED) is 0.352. The first-order valence-corrected chi connectivity index (χ1v) is 10.0. The molecule has 0 aliphatic heterocycles. The number of halogens is 1. The van der Waals surface area contributed by atoms with Crippen LogP contribution in [0.15, 0.2) is 79.4 Å². The molecule has 0 unspecified atom stereocenters. The van der Waals surface area contributed by atoms with Crippen LogP contribution in [-0.2, 0) is 9.59 Å². The van der Waals surface area contributed by atoms with Gasteiger partial charge < -0.3 is 10.6 Å². The Morgan fingerprint density at radius 3 is 1.97 bits per heavy atom. The zero-order valence-corrected chi connectivity index (χ0v) is 17.1. The summed E-state index contributed by atoms with van der Waals surface area (Å²) in [6, 6.07) is 20.0. The van der Waals surface area contributed by atoms with Crippen molar-refractivity contribution >= 4 is 62.5 Å². The number of aromatic nitrogens is 1. The molecule has 0 bridgehead atoms. The number of para-hydroxylation sites is 2. The second kappa shape index (κ2) is 8.45. The molecular formula is C24H18ClN3O3. The van der Waals surface area contributed by atoms with Gasteiger partial charge in [-0.3, -0.25) is 19.0 Å². The maximum absolute atomic E-state index is 13.6. The van der Waals surface area contributed by atoms with E-state index >= 15 is 0 Å². The molecule has 4 rings (SSSR count). The highest BCUT2D eigenvalue weighted by Gasteiger charge is 2.19. The van der Waals surface area contributed by atoms with E-state index in [0.29, 0.717) is 16.9 Å². The minimum atomic E-state index is -0.434. The zero-order valence-electron chi connectivity index (χ0n) is 16.4. The van der Waals surface area contributed by atoms with Crippen molar-refractivity contribution in [1.82, 2.24) is 4.57 Å². The van der Waals surface area contributed by atoms with Gasteiger partial charge in [-0.15, -0.1) is 11.6 Å². The van der Waals surface area contributed by atoms with Crippen LogP contribution < -0.4 is 10.6 Å². The fourth-order valence-electron chi connectivity index (χ4n) is 3.55. The molecule has 0 saturated heterocycles. The van der Waals surface area contributed by atoms with Crippen molar-refractivity contribution in [2.75, 3.05) is 16.5 Å². The molecule has 154 valence electrons. The van der Waals surface area contributed by atoms with E-state index < -0.39 is 11.8 Å². The Morgan fingerprint density at radius 1 is 0.871 bits per heavy atom. The maximum atomic E-state index is 13.6. The lowest BCUT2D eigenvalue weighted by atomic mass is 10.1. The summed E-state index contributed by atoms with van der Waals surface area (Å²) in [5, 5.41) is 7.18. The number of fused-ring (bicyclic) bond motifs is 3. The number of carbonyl (C=O) groups is 3. The van der Waals surface area contributed by atoms with Crippen molar-refractivity contribution in [2.24, 2.45) is 0 Å². The molecule has 0 fully saturated rings. The molecule has 0 spiro atoms. The van der Waals surface area contributed by atoms with Gasteiger partial charge in [0.1, 0.15) is 5.88 Å². The molecule has 1 aromatic heterocycles. The predicted molar refractivity (Wildman–Crippen MR) is 124 cm³/mol. The summed E-state index contributed by atoms with van der Waals surface area (Å²) in [6.45, 7) is 3.44. The van der Waals surface area contributed by atoms with Crippen molar-refractivity contribution in [1.29, 1.82) is 0 Å². The molecule has 0 aliphatic carbocycles. The number of carbonyl (C=O) groups excluding carboxylic acids is 3. The molecule has 0 aliphatic rings. The van der Waals surface area contributed by atoms with Crippen LogP contribution in [0.5, 0.6) is 0 Å². The predicted octanol–water partition coefficient (Wildman–Crippen LogP) is 4.78. The molecule has 0 atom stereocenters. The van der Waals surface area contributed by atoms with Crippen molar-refractivity contribution in [3.05, 3.63) is 84.9 Å². The Labute approximate surface area is 183 Å². The minimum absolute atomic E-state index is 0.237.